The number of hydrogen-bond donors (Lipinski definition) is 1. The zero-order valence-electron chi connectivity index (χ0n) is 10.9. The van der Waals surface area contributed by atoms with Gasteiger partial charge >= 0.3 is 0 Å². The molecule has 0 saturated heterocycles. The summed E-state index contributed by atoms with van der Waals surface area (Å²) in [6.07, 6.45) is 0. The number of rotatable bonds is 2. The smallest absolute Gasteiger partial charge is 0.257 e. The minimum atomic E-state index is -0.887. The van der Waals surface area contributed by atoms with Crippen molar-refractivity contribution in [2.45, 2.75) is 0 Å². The average Bonchev–Trinajstić information content (AvgIpc) is 2.54. The first-order chi connectivity index (χ1) is 10.2. The third kappa shape index (κ3) is 2.25. The topological polar surface area (TPSA) is 75.6 Å². The maximum Gasteiger partial charge on any atom is 0.257 e. The summed E-state index contributed by atoms with van der Waals surface area (Å²) in [4.78, 5) is 36.2. The van der Waals surface area contributed by atoms with Gasteiger partial charge in [-0.3, -0.25) is 19.8 Å². The largest absolute Gasteiger partial charge is 0.287 e. The Morgan fingerprint density at radius 2 is 1.24 bits per heavy atom. The second-order valence-electron chi connectivity index (χ2n) is 4.47. The molecule has 5 heteroatoms. The molecule has 5 nitrogen and oxygen atoms in total. The van der Waals surface area contributed by atoms with Gasteiger partial charge in [0.25, 0.3) is 5.43 Å². The Labute approximate surface area is 118 Å². The van der Waals surface area contributed by atoms with Crippen molar-refractivity contribution in [1.29, 1.82) is 0 Å². The van der Waals surface area contributed by atoms with Crippen LogP contribution in [-0.4, -0.2) is 0 Å². The first-order valence-corrected chi connectivity index (χ1v) is 6.30. The number of anilines is 1. The molecule has 21 heavy (non-hydrogen) atoms. The normalized spacial score (nSPS) is 11.7. The van der Waals surface area contributed by atoms with Crippen LogP contribution in [0.3, 0.4) is 0 Å². The van der Waals surface area contributed by atoms with Gasteiger partial charge in [0.15, 0.2) is 5.36 Å². The van der Waals surface area contributed by atoms with Gasteiger partial charge in [0.2, 0.25) is 10.9 Å². The fourth-order valence-electron chi connectivity index (χ4n) is 2.07. The van der Waals surface area contributed by atoms with Crippen LogP contribution in [0.4, 0.5) is 5.69 Å². The van der Waals surface area contributed by atoms with Gasteiger partial charge in [-0.2, -0.15) is 5.10 Å². The van der Waals surface area contributed by atoms with Crippen LogP contribution in [0, 0.1) is 0 Å². The van der Waals surface area contributed by atoms with Gasteiger partial charge in [0.1, 0.15) is 0 Å². The van der Waals surface area contributed by atoms with Gasteiger partial charge in [-0.15, -0.1) is 0 Å². The Morgan fingerprint density at radius 1 is 0.667 bits per heavy atom. The molecule has 3 aromatic rings. The lowest BCUT2D eigenvalue weighted by Crippen LogP contribution is -2.48. The minimum Gasteiger partial charge on any atom is -0.287 e. The molecule has 0 unspecified atom stereocenters. The average molecular weight is 278 g/mol. The zero-order valence-corrected chi connectivity index (χ0v) is 10.9. The maximum atomic E-state index is 12.3. The van der Waals surface area contributed by atoms with E-state index in [1.165, 1.54) is 12.1 Å². The molecule has 0 heterocycles. The van der Waals surface area contributed by atoms with E-state index < -0.39 is 16.3 Å². The Bertz CT molecular complexity index is 1020. The Balaban J connectivity index is 2.27. The fourth-order valence-corrected chi connectivity index (χ4v) is 2.07. The van der Waals surface area contributed by atoms with Gasteiger partial charge in [0, 0.05) is 10.8 Å². The van der Waals surface area contributed by atoms with Crippen LogP contribution in [0.2, 0.25) is 0 Å². The van der Waals surface area contributed by atoms with E-state index >= 15 is 0 Å². The molecule has 0 radical (unpaired) electrons. The monoisotopic (exact) mass is 278 g/mol. The highest BCUT2D eigenvalue weighted by Gasteiger charge is 2.10. The van der Waals surface area contributed by atoms with Crippen LogP contribution < -0.4 is 27.1 Å². The number of nitrogens with zero attached hydrogens (tertiary/aromatic N) is 1. The van der Waals surface area contributed by atoms with E-state index in [0.717, 1.165) is 0 Å². The summed E-state index contributed by atoms with van der Waals surface area (Å²) >= 11 is 0. The first-order valence-electron chi connectivity index (χ1n) is 6.30. The highest BCUT2D eigenvalue weighted by atomic mass is 16.2. The molecule has 0 saturated carbocycles. The Hall–Kier alpha value is -3.08. The van der Waals surface area contributed by atoms with Gasteiger partial charge < -0.3 is 0 Å². The molecule has 0 spiro atoms. The third-order valence-corrected chi connectivity index (χ3v) is 3.12. The molecular weight excluding hydrogens is 268 g/mol. The van der Waals surface area contributed by atoms with Crippen molar-refractivity contribution in [3.05, 3.63) is 90.6 Å². The number of hydrogen-bond acceptors (Lipinski definition) is 5. The highest BCUT2D eigenvalue weighted by Crippen LogP contribution is 2.04. The summed E-state index contributed by atoms with van der Waals surface area (Å²) in [5.41, 5.74) is 1.10. The summed E-state index contributed by atoms with van der Waals surface area (Å²) in [5.74, 6) is 0. The van der Waals surface area contributed by atoms with Gasteiger partial charge in [-0.05, 0) is 12.1 Å². The Morgan fingerprint density at radius 3 is 1.90 bits per heavy atom. The summed E-state index contributed by atoms with van der Waals surface area (Å²) in [6, 6.07) is 15.1. The molecule has 0 aliphatic rings. The first kappa shape index (κ1) is 12.9. The summed E-state index contributed by atoms with van der Waals surface area (Å²) in [6.45, 7) is 0. The second-order valence-corrected chi connectivity index (χ2v) is 4.47. The van der Waals surface area contributed by atoms with Crippen LogP contribution in [0.1, 0.15) is 0 Å². The molecule has 0 atom stereocenters. The van der Waals surface area contributed by atoms with Crippen molar-refractivity contribution in [2.75, 3.05) is 5.43 Å². The second kappa shape index (κ2) is 5.13. The van der Waals surface area contributed by atoms with Crippen molar-refractivity contribution >= 4 is 16.5 Å². The fraction of sp³-hybridized carbons (Fsp3) is 0. The molecule has 1 N–H and O–H groups in total. The molecule has 0 aromatic heterocycles. The van der Waals surface area contributed by atoms with Crippen LogP contribution in [-0.2, 0) is 0 Å². The molecule has 3 rings (SSSR count). The van der Waals surface area contributed by atoms with Crippen LogP contribution in [0.15, 0.2) is 74.1 Å². The van der Waals surface area contributed by atoms with Crippen molar-refractivity contribution < 1.29 is 0 Å². The van der Waals surface area contributed by atoms with E-state index in [2.05, 4.69) is 10.5 Å². The molecule has 0 fully saturated rings. The SMILES string of the molecule is O=c1c(=O)c2ccccc2c(=O)/c1=N/Nc1ccccc1. The highest BCUT2D eigenvalue weighted by molar-refractivity contribution is 5.81. The molecule has 0 amide bonds. The lowest BCUT2D eigenvalue weighted by atomic mass is 10.1. The van der Waals surface area contributed by atoms with Crippen molar-refractivity contribution in [1.82, 2.24) is 0 Å². The molecule has 0 aliphatic carbocycles. The summed E-state index contributed by atoms with van der Waals surface area (Å²) < 4.78 is 0. The van der Waals surface area contributed by atoms with E-state index in [0.29, 0.717) is 5.69 Å². The molecule has 0 aliphatic heterocycles. The quantitative estimate of drug-likeness (QED) is 0.553. The maximum absolute atomic E-state index is 12.3. The van der Waals surface area contributed by atoms with Crippen molar-refractivity contribution in [3.63, 3.8) is 0 Å². The predicted molar refractivity (Wildman–Crippen MR) is 80.8 cm³/mol. The minimum absolute atomic E-state index is 0.131. The van der Waals surface area contributed by atoms with Gasteiger partial charge in [-0.25, -0.2) is 0 Å². The van der Waals surface area contributed by atoms with E-state index in [-0.39, 0.29) is 16.1 Å². The number of para-hydroxylation sites is 1. The molecule has 102 valence electrons. The standard InChI is InChI=1S/C16H10N2O3/c19-14-11-8-4-5-9-12(11)15(20)16(21)13(14)18-17-10-6-2-1-3-7-10/h1-9,17H/b18-13-. The lowest BCUT2D eigenvalue weighted by molar-refractivity contribution is 1.17. The number of benzene rings is 3. The van der Waals surface area contributed by atoms with E-state index in [1.807, 2.05) is 6.07 Å². The molecule has 0 bridgehead atoms. The van der Waals surface area contributed by atoms with Gasteiger partial charge in [0.05, 0.1) is 5.69 Å². The lowest BCUT2D eigenvalue weighted by Gasteiger charge is -1.98. The summed E-state index contributed by atoms with van der Waals surface area (Å²) in [5, 5.41) is 3.76. The van der Waals surface area contributed by atoms with Crippen LogP contribution >= 0.6 is 0 Å². The van der Waals surface area contributed by atoms with E-state index in [1.54, 1.807) is 36.4 Å². The number of nitrogens with one attached hydrogen (secondary N) is 1. The molecule has 3 aromatic carbocycles. The predicted octanol–water partition coefficient (Wildman–Crippen LogP) is 0.724. The van der Waals surface area contributed by atoms with Crippen molar-refractivity contribution in [3.8, 4) is 0 Å². The zero-order chi connectivity index (χ0) is 14.8. The third-order valence-electron chi connectivity index (χ3n) is 3.12. The van der Waals surface area contributed by atoms with Crippen molar-refractivity contribution in [2.24, 2.45) is 5.10 Å². The summed E-state index contributed by atoms with van der Waals surface area (Å²) in [7, 11) is 0. The van der Waals surface area contributed by atoms with E-state index in [9.17, 15) is 14.4 Å². The van der Waals surface area contributed by atoms with Crippen LogP contribution in [0.5, 0.6) is 0 Å². The van der Waals surface area contributed by atoms with Crippen LogP contribution in [0.25, 0.3) is 10.8 Å². The number of fused-ring (bicyclic) bond motifs is 1. The molecular formula is C16H10N2O3. The Kier molecular flexibility index (Phi) is 3.16. The van der Waals surface area contributed by atoms with E-state index in [4.69, 9.17) is 0 Å². The van der Waals surface area contributed by atoms with Gasteiger partial charge in [-0.1, -0.05) is 42.5 Å².